The molecule has 2 aromatic heterocycles. The third-order valence-electron chi connectivity index (χ3n) is 5.02. The zero-order valence-corrected chi connectivity index (χ0v) is 19.4. The van der Waals surface area contributed by atoms with E-state index in [0.717, 1.165) is 30.5 Å². The Labute approximate surface area is 192 Å². The van der Waals surface area contributed by atoms with Crippen LogP contribution in [0.1, 0.15) is 30.7 Å². The summed E-state index contributed by atoms with van der Waals surface area (Å²) in [6.07, 6.45) is 4.29. The van der Waals surface area contributed by atoms with Crippen molar-refractivity contribution in [1.29, 1.82) is 0 Å². The topological polar surface area (TPSA) is 127 Å². The molecule has 1 aliphatic rings. The van der Waals surface area contributed by atoms with Gasteiger partial charge in [0.25, 0.3) is 0 Å². The summed E-state index contributed by atoms with van der Waals surface area (Å²) >= 11 is 1.40. The van der Waals surface area contributed by atoms with Crippen LogP contribution in [0, 0.1) is 6.92 Å². The third kappa shape index (κ3) is 5.53. The molecule has 0 amide bonds. The van der Waals surface area contributed by atoms with Gasteiger partial charge >= 0.3 is 0 Å². The highest BCUT2D eigenvalue weighted by molar-refractivity contribution is 7.98. The second-order valence-corrected chi connectivity index (χ2v) is 10.4. The van der Waals surface area contributed by atoms with Gasteiger partial charge in [0.15, 0.2) is 0 Å². The number of anilines is 3. The molecule has 3 N–H and O–H groups in total. The van der Waals surface area contributed by atoms with Crippen LogP contribution in [0.2, 0.25) is 0 Å². The number of rotatable bonds is 7. The number of benzene rings is 1. The van der Waals surface area contributed by atoms with Gasteiger partial charge in [0.05, 0.1) is 10.8 Å². The van der Waals surface area contributed by atoms with E-state index in [1.54, 1.807) is 12.1 Å². The number of piperidine rings is 1. The molecule has 3 aromatic rings. The number of thioether (sulfide) groups is 1. The fraction of sp³-hybridized carbons (Fsp3) is 0.333. The molecule has 3 heterocycles. The number of hydrogen-bond acceptors (Lipinski definition) is 9. The summed E-state index contributed by atoms with van der Waals surface area (Å²) in [5, 5.41) is 3.80. The molecule has 9 nitrogen and oxygen atoms in total. The molecule has 168 valence electrons. The average molecular weight is 472 g/mol. The molecule has 0 radical (unpaired) electrons. The molecule has 0 aliphatic carbocycles. The van der Waals surface area contributed by atoms with Crippen LogP contribution in [-0.2, 0) is 15.8 Å². The van der Waals surface area contributed by atoms with Gasteiger partial charge in [-0.2, -0.15) is 19.3 Å². The number of nitrogens with one attached hydrogen (secondary N) is 1. The van der Waals surface area contributed by atoms with Crippen LogP contribution >= 0.6 is 11.8 Å². The Morgan fingerprint density at radius 1 is 1.03 bits per heavy atom. The molecule has 1 aromatic carbocycles. The van der Waals surface area contributed by atoms with Crippen LogP contribution in [0.4, 0.5) is 17.6 Å². The zero-order valence-electron chi connectivity index (χ0n) is 17.7. The molecule has 0 bridgehead atoms. The van der Waals surface area contributed by atoms with Gasteiger partial charge in [-0.1, -0.05) is 35.9 Å². The van der Waals surface area contributed by atoms with Gasteiger partial charge in [0.2, 0.25) is 21.9 Å². The van der Waals surface area contributed by atoms with Crippen LogP contribution < -0.4 is 11.1 Å². The first-order chi connectivity index (χ1) is 15.4. The monoisotopic (exact) mass is 471 g/mol. The molecule has 0 spiro atoms. The van der Waals surface area contributed by atoms with E-state index in [0.29, 0.717) is 35.6 Å². The van der Waals surface area contributed by atoms with E-state index in [1.165, 1.54) is 22.3 Å². The maximum absolute atomic E-state index is 12.8. The van der Waals surface area contributed by atoms with Crippen molar-refractivity contribution in [2.75, 3.05) is 24.1 Å². The quantitative estimate of drug-likeness (QED) is 0.499. The smallest absolute Gasteiger partial charge is 0.244 e. The maximum atomic E-state index is 12.8. The maximum Gasteiger partial charge on any atom is 0.244 e. The van der Waals surface area contributed by atoms with Crippen LogP contribution in [0.5, 0.6) is 0 Å². The Balaban J connectivity index is 1.41. The highest BCUT2D eigenvalue weighted by atomic mass is 32.2. The van der Waals surface area contributed by atoms with Gasteiger partial charge in [-0.3, -0.25) is 0 Å². The Morgan fingerprint density at radius 2 is 1.78 bits per heavy atom. The van der Waals surface area contributed by atoms with Gasteiger partial charge in [-0.25, -0.2) is 13.4 Å². The molecule has 1 fully saturated rings. The zero-order chi connectivity index (χ0) is 22.6. The number of nitrogens with zero attached hydrogens (tertiary/aromatic N) is 5. The molecular weight excluding hydrogens is 446 g/mol. The van der Waals surface area contributed by atoms with E-state index in [2.05, 4.69) is 25.3 Å². The van der Waals surface area contributed by atoms with Crippen molar-refractivity contribution in [3.05, 3.63) is 54.0 Å². The average Bonchev–Trinajstić information content (AvgIpc) is 2.80. The van der Waals surface area contributed by atoms with Crippen molar-refractivity contribution in [3.63, 3.8) is 0 Å². The molecule has 1 aliphatic heterocycles. The third-order valence-corrected chi connectivity index (χ3v) is 7.84. The molecule has 32 heavy (non-hydrogen) atoms. The molecule has 0 saturated carbocycles. The summed E-state index contributed by atoms with van der Waals surface area (Å²) in [4.78, 5) is 17.3. The number of hydrogen-bond donors (Lipinski definition) is 2. The first-order valence-electron chi connectivity index (χ1n) is 10.3. The Bertz CT molecular complexity index is 1160. The van der Waals surface area contributed by atoms with Crippen LogP contribution in [0.15, 0.2) is 52.5 Å². The number of sulfonamides is 1. The first kappa shape index (κ1) is 22.4. The lowest BCUT2D eigenvalue weighted by atomic mass is 10.2. The number of nitrogens with two attached hydrogens (primary N) is 1. The number of aryl methyl sites for hydroxylation is 1. The minimum atomic E-state index is -3.49. The van der Waals surface area contributed by atoms with Gasteiger partial charge in [-0.05, 0) is 44.0 Å². The minimum absolute atomic E-state index is 0.126. The molecule has 11 heteroatoms. The molecule has 0 atom stereocenters. The molecule has 1 saturated heterocycles. The lowest BCUT2D eigenvalue weighted by molar-refractivity contribution is 0.346. The normalized spacial score (nSPS) is 14.9. The second-order valence-electron chi connectivity index (χ2n) is 7.51. The van der Waals surface area contributed by atoms with E-state index < -0.39 is 10.0 Å². The number of aromatic nitrogens is 4. The molecular formula is C21H25N7O2S2. The predicted octanol–water partition coefficient (Wildman–Crippen LogP) is 3.37. The van der Waals surface area contributed by atoms with E-state index in [9.17, 15) is 8.42 Å². The summed E-state index contributed by atoms with van der Waals surface area (Å²) in [6, 6.07) is 11.2. The van der Waals surface area contributed by atoms with Crippen LogP contribution in [0.3, 0.4) is 0 Å². The highest BCUT2D eigenvalue weighted by Crippen LogP contribution is 2.24. The van der Waals surface area contributed by atoms with Crippen molar-refractivity contribution in [2.45, 2.75) is 41.9 Å². The van der Waals surface area contributed by atoms with Gasteiger partial charge in [-0.15, -0.1) is 0 Å². The standard InChI is InChI=1S/C21H25N7O2S2/c1-15-5-7-16(8-6-15)24-21-26-18(25-20(22)27-21)14-31-19-10-9-17(13-23-19)32(29,30)28-11-3-2-4-12-28/h5-10,13H,2-4,11-12,14H2,1H3,(H3,22,24,25,26,27). The highest BCUT2D eigenvalue weighted by Gasteiger charge is 2.26. The van der Waals surface area contributed by atoms with Crippen LogP contribution in [0.25, 0.3) is 0 Å². The lowest BCUT2D eigenvalue weighted by Gasteiger charge is -2.25. The Morgan fingerprint density at radius 3 is 2.47 bits per heavy atom. The molecule has 4 rings (SSSR count). The van der Waals surface area contributed by atoms with E-state index in [4.69, 9.17) is 5.73 Å². The summed E-state index contributed by atoms with van der Waals surface area (Å²) in [5.74, 6) is 1.42. The van der Waals surface area contributed by atoms with Crippen molar-refractivity contribution in [1.82, 2.24) is 24.2 Å². The summed E-state index contributed by atoms with van der Waals surface area (Å²) < 4.78 is 27.0. The van der Waals surface area contributed by atoms with Crippen molar-refractivity contribution >= 4 is 39.4 Å². The fourth-order valence-electron chi connectivity index (χ4n) is 3.32. The largest absolute Gasteiger partial charge is 0.368 e. The Kier molecular flexibility index (Phi) is 6.87. The van der Waals surface area contributed by atoms with Crippen molar-refractivity contribution in [3.8, 4) is 0 Å². The Hall–Kier alpha value is -2.76. The van der Waals surface area contributed by atoms with Gasteiger partial charge in [0, 0.05) is 25.0 Å². The number of pyridine rings is 1. The lowest BCUT2D eigenvalue weighted by Crippen LogP contribution is -2.35. The van der Waals surface area contributed by atoms with Crippen LogP contribution in [-0.4, -0.2) is 45.7 Å². The van der Waals surface area contributed by atoms with Crippen molar-refractivity contribution in [2.24, 2.45) is 0 Å². The van der Waals surface area contributed by atoms with Gasteiger partial charge in [0.1, 0.15) is 10.7 Å². The van der Waals surface area contributed by atoms with Gasteiger partial charge < -0.3 is 11.1 Å². The number of nitrogen functional groups attached to an aromatic ring is 1. The van der Waals surface area contributed by atoms with E-state index >= 15 is 0 Å². The minimum Gasteiger partial charge on any atom is -0.368 e. The summed E-state index contributed by atoms with van der Waals surface area (Å²) in [5.41, 5.74) is 7.86. The van der Waals surface area contributed by atoms with E-state index in [1.807, 2.05) is 31.2 Å². The molecule has 0 unspecified atom stereocenters. The summed E-state index contributed by atoms with van der Waals surface area (Å²) in [7, 11) is -3.49. The second kappa shape index (κ2) is 9.80. The van der Waals surface area contributed by atoms with E-state index in [-0.39, 0.29) is 10.8 Å². The van der Waals surface area contributed by atoms with Crippen molar-refractivity contribution < 1.29 is 8.42 Å². The summed E-state index contributed by atoms with van der Waals surface area (Å²) in [6.45, 7) is 3.15. The first-order valence-corrected chi connectivity index (χ1v) is 12.8. The fourth-order valence-corrected chi connectivity index (χ4v) is 5.48. The predicted molar refractivity (Wildman–Crippen MR) is 125 cm³/mol. The SMILES string of the molecule is Cc1ccc(Nc2nc(N)nc(CSc3ccc(S(=O)(=O)N4CCCCC4)cn3)n2)cc1.